The van der Waals surface area contributed by atoms with Gasteiger partial charge in [-0.2, -0.15) is 0 Å². The van der Waals surface area contributed by atoms with Gasteiger partial charge >= 0.3 is 6.03 Å². The van der Waals surface area contributed by atoms with E-state index in [1.807, 2.05) is 30.3 Å². The number of nitrogens with one attached hydrogen (secondary N) is 2. The normalized spacial score (nSPS) is 24.9. The molecule has 2 N–H and O–H groups in total. The first-order valence-electron chi connectivity index (χ1n) is 6.19. The highest BCUT2D eigenvalue weighted by molar-refractivity contribution is 7.91. The highest BCUT2D eigenvalue weighted by Gasteiger charge is 2.39. The minimum absolute atomic E-state index is 0.0127. The van der Waals surface area contributed by atoms with Crippen LogP contribution in [-0.2, 0) is 16.4 Å². The van der Waals surface area contributed by atoms with Crippen molar-refractivity contribution in [2.75, 3.05) is 11.5 Å². The quantitative estimate of drug-likeness (QED) is 0.870. The predicted octanol–water partition coefficient (Wildman–Crippen LogP) is 1.06. The summed E-state index contributed by atoms with van der Waals surface area (Å²) in [7, 11) is -3.01. The van der Waals surface area contributed by atoms with Crippen LogP contribution in [0.15, 0.2) is 30.3 Å². The van der Waals surface area contributed by atoms with E-state index >= 15 is 0 Å². The fraction of sp³-hybridized carbons (Fsp3) is 0.462. The summed E-state index contributed by atoms with van der Waals surface area (Å²) in [5.41, 5.74) is 0.349. The summed E-state index contributed by atoms with van der Waals surface area (Å²) in [6, 6.07) is 9.22. The maximum atomic E-state index is 11.8. The Balaban J connectivity index is 1.85. The van der Waals surface area contributed by atoms with Gasteiger partial charge in [-0.25, -0.2) is 13.2 Å². The molecule has 0 saturated carbocycles. The molecule has 1 aromatic carbocycles. The molecule has 0 unspecified atom stereocenters. The fourth-order valence-electron chi connectivity index (χ4n) is 2.21. The Morgan fingerprint density at radius 2 is 2.00 bits per heavy atom. The van der Waals surface area contributed by atoms with E-state index in [2.05, 4.69) is 10.6 Å². The van der Waals surface area contributed by atoms with E-state index in [4.69, 9.17) is 0 Å². The summed E-state index contributed by atoms with van der Waals surface area (Å²) in [6.07, 6.45) is 0.466. The summed E-state index contributed by atoms with van der Waals surface area (Å²) >= 11 is 0. The number of rotatable bonds is 3. The van der Waals surface area contributed by atoms with Crippen LogP contribution in [0.2, 0.25) is 0 Å². The van der Waals surface area contributed by atoms with Gasteiger partial charge in [0.25, 0.3) is 0 Å². The lowest BCUT2D eigenvalue weighted by molar-refractivity contribution is 0.230. The topological polar surface area (TPSA) is 75.3 Å². The molecule has 6 heteroatoms. The van der Waals surface area contributed by atoms with Gasteiger partial charge in [0, 0.05) is 6.54 Å². The maximum absolute atomic E-state index is 11.8. The SMILES string of the molecule is C[C@@]1(NC(=O)NCc2ccccc2)CCS(=O)(=O)C1. The molecule has 1 fully saturated rings. The number of benzene rings is 1. The number of amides is 2. The number of carbonyl (C=O) groups is 1. The molecule has 0 spiro atoms. The largest absolute Gasteiger partial charge is 0.334 e. The lowest BCUT2D eigenvalue weighted by Gasteiger charge is -2.24. The van der Waals surface area contributed by atoms with Gasteiger partial charge in [0.15, 0.2) is 9.84 Å². The predicted molar refractivity (Wildman–Crippen MR) is 73.5 cm³/mol. The zero-order valence-corrected chi connectivity index (χ0v) is 11.7. The molecular weight excluding hydrogens is 264 g/mol. The van der Waals surface area contributed by atoms with Crippen LogP contribution in [0.1, 0.15) is 18.9 Å². The second-order valence-electron chi connectivity index (χ2n) is 5.20. The van der Waals surface area contributed by atoms with Crippen molar-refractivity contribution in [3.05, 3.63) is 35.9 Å². The van der Waals surface area contributed by atoms with Crippen molar-refractivity contribution in [3.8, 4) is 0 Å². The number of hydrogen-bond acceptors (Lipinski definition) is 3. The van der Waals surface area contributed by atoms with Crippen molar-refractivity contribution < 1.29 is 13.2 Å². The van der Waals surface area contributed by atoms with E-state index in [1.54, 1.807) is 6.92 Å². The molecule has 104 valence electrons. The summed E-state index contributed by atoms with van der Waals surface area (Å²) in [6.45, 7) is 2.19. The first-order valence-corrected chi connectivity index (χ1v) is 8.01. The van der Waals surface area contributed by atoms with Crippen molar-refractivity contribution in [1.29, 1.82) is 0 Å². The second-order valence-corrected chi connectivity index (χ2v) is 7.38. The van der Waals surface area contributed by atoms with Crippen LogP contribution >= 0.6 is 0 Å². The smallest absolute Gasteiger partial charge is 0.315 e. The number of sulfone groups is 1. The third-order valence-corrected chi connectivity index (χ3v) is 5.12. The third-order valence-electron chi connectivity index (χ3n) is 3.21. The monoisotopic (exact) mass is 282 g/mol. The van der Waals surface area contributed by atoms with Gasteiger partial charge in [0.05, 0.1) is 17.0 Å². The number of hydrogen-bond donors (Lipinski definition) is 2. The zero-order chi connectivity index (χ0) is 13.9. The Kier molecular flexibility index (Phi) is 3.80. The molecule has 5 nitrogen and oxygen atoms in total. The maximum Gasteiger partial charge on any atom is 0.315 e. The molecule has 0 bridgehead atoms. The Morgan fingerprint density at radius 3 is 2.58 bits per heavy atom. The molecule has 2 rings (SSSR count). The average molecular weight is 282 g/mol. The van der Waals surface area contributed by atoms with Crippen LogP contribution < -0.4 is 10.6 Å². The summed E-state index contributed by atoms with van der Waals surface area (Å²) in [4.78, 5) is 11.8. The molecule has 0 aliphatic carbocycles. The molecule has 1 atom stereocenters. The van der Waals surface area contributed by atoms with Crippen LogP contribution in [-0.4, -0.2) is 31.5 Å². The van der Waals surface area contributed by atoms with Crippen molar-refractivity contribution in [3.63, 3.8) is 0 Å². The van der Waals surface area contributed by atoms with Gasteiger partial charge in [-0.15, -0.1) is 0 Å². The lowest BCUT2D eigenvalue weighted by Crippen LogP contribution is -2.50. The standard InChI is InChI=1S/C13H18N2O3S/c1-13(7-8-19(17,18)10-13)15-12(16)14-9-11-5-3-2-4-6-11/h2-6H,7-10H2,1H3,(H2,14,15,16)/t13-/m1/s1. The lowest BCUT2D eigenvalue weighted by atomic mass is 10.0. The first kappa shape index (κ1) is 13.9. The van der Waals surface area contributed by atoms with Crippen LogP contribution in [0.4, 0.5) is 4.79 Å². The van der Waals surface area contributed by atoms with Gasteiger partial charge in [0.1, 0.15) is 0 Å². The van der Waals surface area contributed by atoms with Crippen LogP contribution in [0.3, 0.4) is 0 Å². The van der Waals surface area contributed by atoms with Gasteiger partial charge in [-0.3, -0.25) is 0 Å². The van der Waals surface area contributed by atoms with E-state index in [9.17, 15) is 13.2 Å². The molecular formula is C13H18N2O3S. The van der Waals surface area contributed by atoms with E-state index < -0.39 is 15.4 Å². The Morgan fingerprint density at radius 1 is 1.32 bits per heavy atom. The zero-order valence-electron chi connectivity index (χ0n) is 10.8. The van der Waals surface area contributed by atoms with E-state index in [-0.39, 0.29) is 17.5 Å². The molecule has 1 aromatic rings. The number of carbonyl (C=O) groups excluding carboxylic acids is 1. The van der Waals surface area contributed by atoms with Gasteiger partial charge in [0.2, 0.25) is 0 Å². The van der Waals surface area contributed by atoms with Crippen LogP contribution in [0, 0.1) is 0 Å². The molecule has 0 aromatic heterocycles. The molecule has 19 heavy (non-hydrogen) atoms. The van der Waals surface area contributed by atoms with E-state index in [0.717, 1.165) is 5.56 Å². The molecule has 2 amide bonds. The van der Waals surface area contributed by atoms with Crippen LogP contribution in [0.5, 0.6) is 0 Å². The fourth-order valence-corrected chi connectivity index (χ4v) is 4.30. The minimum atomic E-state index is -3.01. The van der Waals surface area contributed by atoms with E-state index in [0.29, 0.717) is 13.0 Å². The Bertz CT molecular complexity index is 557. The number of urea groups is 1. The van der Waals surface area contributed by atoms with E-state index in [1.165, 1.54) is 0 Å². The van der Waals surface area contributed by atoms with Crippen molar-refractivity contribution in [1.82, 2.24) is 10.6 Å². The molecule has 1 aliphatic heterocycles. The highest BCUT2D eigenvalue weighted by atomic mass is 32.2. The van der Waals surface area contributed by atoms with Crippen molar-refractivity contribution in [2.45, 2.75) is 25.4 Å². The Hall–Kier alpha value is -1.56. The summed E-state index contributed by atoms with van der Waals surface area (Å²) in [5.74, 6) is 0.154. The third kappa shape index (κ3) is 3.96. The highest BCUT2D eigenvalue weighted by Crippen LogP contribution is 2.22. The minimum Gasteiger partial charge on any atom is -0.334 e. The first-order chi connectivity index (χ1) is 8.89. The Labute approximate surface area is 113 Å². The van der Waals surface area contributed by atoms with Crippen molar-refractivity contribution in [2.24, 2.45) is 0 Å². The van der Waals surface area contributed by atoms with Gasteiger partial charge < -0.3 is 10.6 Å². The van der Waals surface area contributed by atoms with Gasteiger partial charge in [-0.05, 0) is 18.9 Å². The second kappa shape index (κ2) is 5.21. The summed E-state index contributed by atoms with van der Waals surface area (Å²) in [5, 5.41) is 5.49. The summed E-state index contributed by atoms with van der Waals surface area (Å²) < 4.78 is 22.9. The molecule has 1 saturated heterocycles. The average Bonchev–Trinajstić information content (AvgIpc) is 2.62. The van der Waals surface area contributed by atoms with Crippen molar-refractivity contribution >= 4 is 15.9 Å². The van der Waals surface area contributed by atoms with Gasteiger partial charge in [-0.1, -0.05) is 30.3 Å². The molecule has 1 aliphatic rings. The van der Waals surface area contributed by atoms with Crippen LogP contribution in [0.25, 0.3) is 0 Å². The molecule has 1 heterocycles. The molecule has 0 radical (unpaired) electrons.